The molecule has 460 valence electrons. The number of likely N-dealkylation sites (tertiary alicyclic amines) is 6. The Morgan fingerprint density at radius 2 is 1.11 bits per heavy atom. The van der Waals surface area contributed by atoms with E-state index in [4.69, 9.17) is 0 Å². The molecule has 0 aliphatic carbocycles. The minimum absolute atomic E-state index is 0.0353. The van der Waals surface area contributed by atoms with Crippen molar-refractivity contribution in [1.29, 1.82) is 0 Å². The summed E-state index contributed by atoms with van der Waals surface area (Å²) >= 11 is 0. The van der Waals surface area contributed by atoms with Crippen molar-refractivity contribution in [3.8, 4) is 11.4 Å². The second kappa shape index (κ2) is 29.0. The van der Waals surface area contributed by atoms with Gasteiger partial charge in [-0.3, -0.25) is 67.5 Å². The second-order valence-corrected chi connectivity index (χ2v) is 23.3. The van der Waals surface area contributed by atoms with Crippen LogP contribution in [0.1, 0.15) is 145 Å². The summed E-state index contributed by atoms with van der Waals surface area (Å²) in [6.07, 6.45) is 4.89. The number of hydrogen-bond acceptors (Lipinski definition) is 16. The quantitative estimate of drug-likeness (QED) is 0.0896. The molecule has 0 saturated carbocycles. The van der Waals surface area contributed by atoms with E-state index < -0.39 is 108 Å². The molecule has 0 spiro atoms. The first-order valence-corrected chi connectivity index (χ1v) is 30.2. The predicted octanol–water partition coefficient (Wildman–Crippen LogP) is 0.538. The zero-order chi connectivity index (χ0) is 61.1. The maximum atomic E-state index is 14.3. The molecule has 8 heterocycles. The van der Waals surface area contributed by atoms with E-state index in [-0.39, 0.29) is 120 Å². The van der Waals surface area contributed by atoms with Gasteiger partial charge < -0.3 is 55.6 Å². The van der Waals surface area contributed by atoms with Gasteiger partial charge in [-0.25, -0.2) is 0 Å². The van der Waals surface area contributed by atoms with Crippen LogP contribution in [0.3, 0.4) is 0 Å². The maximum Gasteiger partial charge on any atom is 0.251 e. The van der Waals surface area contributed by atoms with Crippen LogP contribution in [0, 0.1) is 6.92 Å². The third-order valence-corrected chi connectivity index (χ3v) is 17.4. The molecule has 9 amide bonds. The Bertz CT molecular complexity index is 2890. The average molecular weight is 1180 g/mol. The number of amides is 9. The minimum atomic E-state index is -1.21. The SMILES string of the molecule is CCC(=O)N1CCCC1C(=O)NC(CCCCNC(=O)c1ccnc(-c2cc(C)ccn2)c1)C(=O)CCC(=O)N1CCC[C@@H]1C(=O)N1C[C@H](O)CC1C(=O)NCC(=O)N1CCCC1C(=O)N1C[C@@H](O)C[C@H]1C(=O)CCC(=O)N1CCC[C@@H]1C(C)=O. The van der Waals surface area contributed by atoms with E-state index in [1.54, 1.807) is 25.3 Å². The number of aromatic nitrogens is 2. The number of aliphatic hydroxyl groups excluding tert-OH is 2. The first-order chi connectivity index (χ1) is 40.7. The average Bonchev–Trinajstić information content (AvgIpc) is 3.34. The molecule has 6 saturated heterocycles. The molecule has 4 unspecified atom stereocenters. The number of nitrogens with one attached hydrogen (secondary N) is 3. The first kappa shape index (κ1) is 63.5. The van der Waals surface area contributed by atoms with Crippen LogP contribution in [0.5, 0.6) is 0 Å². The highest BCUT2D eigenvalue weighted by molar-refractivity contribution is 5.99. The van der Waals surface area contributed by atoms with Crippen LogP contribution < -0.4 is 16.0 Å². The number of aryl methyl sites for hydroxylation is 1. The van der Waals surface area contributed by atoms with Crippen molar-refractivity contribution in [2.24, 2.45) is 0 Å². The number of Topliss-reactive ketones (excluding diaryl/α,β-unsaturated/α-hetero) is 3. The number of ketones is 3. The molecule has 0 aromatic carbocycles. The van der Waals surface area contributed by atoms with Crippen molar-refractivity contribution in [3.05, 3.63) is 47.8 Å². The summed E-state index contributed by atoms with van der Waals surface area (Å²) in [7, 11) is 0. The van der Waals surface area contributed by atoms with Crippen molar-refractivity contribution >= 4 is 70.5 Å². The zero-order valence-corrected chi connectivity index (χ0v) is 48.9. The van der Waals surface area contributed by atoms with Crippen LogP contribution in [-0.4, -0.2) is 227 Å². The monoisotopic (exact) mass is 1180 g/mol. The first-order valence-electron chi connectivity index (χ1n) is 30.2. The standard InChI is InChI=1S/C60H81N11O14/c1-4-52(77)67-26-8-13-45(67)58(83)65-41(11-5-6-22-63-56(81)38-21-24-62-43(30-38)42-29-36(2)20-23-61-42)50(75)16-18-54(79)68-27-9-14-46(68)60(85)71-35-40(74)32-49(71)57(82)64-33-55(80)69-28-10-15-47(69)59(84)70-34-39(73)31-48(70)51(76)17-19-53(78)66-25-7-12-44(66)37(3)72/h20-21,23-24,29-30,39-41,44-49,73-74H,4-19,22,25-28,31-35H2,1-3H3,(H,63,81)(H,64,82)(H,65,83)/t39-,40+,41?,44+,45?,46+,47?,48-,49?/m0/s1. The Kier molecular flexibility index (Phi) is 21.7. The molecule has 25 nitrogen and oxygen atoms in total. The van der Waals surface area contributed by atoms with E-state index in [2.05, 4.69) is 25.9 Å². The molecule has 6 fully saturated rings. The van der Waals surface area contributed by atoms with E-state index in [0.29, 0.717) is 81.4 Å². The van der Waals surface area contributed by atoms with Gasteiger partial charge in [0.15, 0.2) is 17.3 Å². The fraction of sp³-hybridized carbons (Fsp3) is 0.633. The van der Waals surface area contributed by atoms with E-state index in [1.807, 2.05) is 19.1 Å². The van der Waals surface area contributed by atoms with Gasteiger partial charge in [0.05, 0.1) is 48.3 Å². The number of carbonyl (C=O) groups excluding carboxylic acids is 12. The molecular weight excluding hydrogens is 1100 g/mol. The summed E-state index contributed by atoms with van der Waals surface area (Å²) in [4.78, 5) is 179. The Labute approximate surface area is 494 Å². The van der Waals surface area contributed by atoms with Crippen molar-refractivity contribution in [2.45, 2.75) is 191 Å². The molecule has 25 heteroatoms. The number of β-amino-alcohol motifs (C(OH)–C–C–N with tert-alkyl or cyclic N) is 2. The number of hydrogen-bond donors (Lipinski definition) is 5. The van der Waals surface area contributed by atoms with Crippen LogP contribution in [0.2, 0.25) is 0 Å². The summed E-state index contributed by atoms with van der Waals surface area (Å²) in [5.74, 6) is -5.25. The molecule has 0 bridgehead atoms. The Morgan fingerprint density at radius 1 is 0.576 bits per heavy atom. The number of nitrogens with zero attached hydrogens (tertiary/aromatic N) is 8. The topological polar surface area (TPSA) is 327 Å². The van der Waals surface area contributed by atoms with Crippen molar-refractivity contribution in [3.63, 3.8) is 0 Å². The van der Waals surface area contributed by atoms with Crippen LogP contribution in [-0.2, 0) is 52.7 Å². The highest BCUT2D eigenvalue weighted by atomic mass is 16.3. The van der Waals surface area contributed by atoms with Crippen molar-refractivity contribution < 1.29 is 67.7 Å². The maximum absolute atomic E-state index is 14.3. The minimum Gasteiger partial charge on any atom is -0.391 e. The Morgan fingerprint density at radius 3 is 1.72 bits per heavy atom. The smallest absolute Gasteiger partial charge is 0.251 e. The highest BCUT2D eigenvalue weighted by Gasteiger charge is 2.47. The van der Waals surface area contributed by atoms with Crippen LogP contribution in [0.15, 0.2) is 36.7 Å². The number of aliphatic hydroxyl groups is 2. The molecule has 2 aromatic rings. The molecule has 2 aromatic heterocycles. The Hall–Kier alpha value is -7.54. The lowest BCUT2D eigenvalue weighted by atomic mass is 10.00. The summed E-state index contributed by atoms with van der Waals surface area (Å²) in [5, 5.41) is 29.8. The molecule has 6 aliphatic rings. The van der Waals surface area contributed by atoms with Gasteiger partial charge >= 0.3 is 0 Å². The van der Waals surface area contributed by atoms with Crippen molar-refractivity contribution in [2.75, 3.05) is 52.4 Å². The summed E-state index contributed by atoms with van der Waals surface area (Å²) in [6.45, 7) is 5.59. The lowest BCUT2D eigenvalue weighted by Gasteiger charge is -2.32. The normalized spacial score (nSPS) is 24.2. The predicted molar refractivity (Wildman–Crippen MR) is 304 cm³/mol. The van der Waals surface area contributed by atoms with Gasteiger partial charge in [0, 0.05) is 109 Å². The van der Waals surface area contributed by atoms with E-state index in [1.165, 1.54) is 42.5 Å². The summed E-state index contributed by atoms with van der Waals surface area (Å²) < 4.78 is 0. The van der Waals surface area contributed by atoms with Crippen LogP contribution in [0.25, 0.3) is 11.4 Å². The lowest BCUT2D eigenvalue weighted by Crippen LogP contribution is -2.55. The van der Waals surface area contributed by atoms with E-state index >= 15 is 0 Å². The van der Waals surface area contributed by atoms with Gasteiger partial charge in [-0.2, -0.15) is 0 Å². The highest BCUT2D eigenvalue weighted by Crippen LogP contribution is 2.30. The van der Waals surface area contributed by atoms with Gasteiger partial charge in [-0.15, -0.1) is 0 Å². The summed E-state index contributed by atoms with van der Waals surface area (Å²) in [5.41, 5.74) is 2.55. The van der Waals surface area contributed by atoms with Gasteiger partial charge in [-0.05, 0) is 114 Å². The fourth-order valence-corrected chi connectivity index (χ4v) is 12.9. The Balaban J connectivity index is 0.827. The second-order valence-electron chi connectivity index (χ2n) is 23.3. The van der Waals surface area contributed by atoms with Gasteiger partial charge in [0.25, 0.3) is 5.91 Å². The third kappa shape index (κ3) is 15.5. The number of pyridine rings is 2. The molecular formula is C60H81N11O14. The lowest BCUT2D eigenvalue weighted by molar-refractivity contribution is -0.148. The number of rotatable bonds is 24. The molecule has 85 heavy (non-hydrogen) atoms. The molecule has 9 atom stereocenters. The molecule has 5 N–H and O–H groups in total. The van der Waals surface area contributed by atoms with Crippen LogP contribution >= 0.6 is 0 Å². The molecule has 8 rings (SSSR count). The molecule has 0 radical (unpaired) electrons. The molecule has 6 aliphatic heterocycles. The fourth-order valence-electron chi connectivity index (χ4n) is 12.9. The third-order valence-electron chi connectivity index (χ3n) is 17.4. The van der Waals surface area contributed by atoms with E-state index in [0.717, 1.165) is 5.56 Å². The summed E-state index contributed by atoms with van der Waals surface area (Å²) in [6, 6.07) is 0.445. The number of carbonyl (C=O) groups is 12. The number of unbranched alkanes of at least 4 members (excludes halogenated alkanes) is 1. The van der Waals surface area contributed by atoms with Crippen LogP contribution in [0.4, 0.5) is 0 Å². The van der Waals surface area contributed by atoms with Crippen molar-refractivity contribution in [1.82, 2.24) is 55.3 Å². The van der Waals surface area contributed by atoms with Gasteiger partial charge in [0.1, 0.15) is 24.2 Å². The van der Waals surface area contributed by atoms with E-state index in [9.17, 15) is 67.7 Å². The van der Waals surface area contributed by atoms with Gasteiger partial charge in [-0.1, -0.05) is 6.92 Å². The largest absolute Gasteiger partial charge is 0.391 e. The zero-order valence-electron chi connectivity index (χ0n) is 48.9. The van der Waals surface area contributed by atoms with Gasteiger partial charge in [0.2, 0.25) is 47.3 Å².